The summed E-state index contributed by atoms with van der Waals surface area (Å²) in [6.07, 6.45) is 1.37. The van der Waals surface area contributed by atoms with E-state index in [-0.39, 0.29) is 12.0 Å². The first kappa shape index (κ1) is 15.5. The Hall–Kier alpha value is -1.55. The molecule has 0 atom stereocenters. The molecule has 0 aromatic heterocycles. The number of nitrogens with one attached hydrogen (secondary N) is 1. The maximum atomic E-state index is 12.1. The van der Waals surface area contributed by atoms with Gasteiger partial charge in [-0.3, -0.25) is 4.79 Å². The molecule has 0 heterocycles. The fraction of sp³-hybridized carbons (Fsp3) is 0.533. The van der Waals surface area contributed by atoms with Gasteiger partial charge < -0.3 is 15.8 Å². The Kier molecular flexibility index (Phi) is 5.36. The highest BCUT2D eigenvalue weighted by Crippen LogP contribution is 2.19. The number of hydrogen-bond donors (Lipinski definition) is 2. The van der Waals surface area contributed by atoms with Crippen LogP contribution in [0.3, 0.4) is 0 Å². The van der Waals surface area contributed by atoms with Crippen molar-refractivity contribution in [3.05, 3.63) is 24.3 Å². The number of carbonyl (C=O) groups excluding carboxylic acids is 1. The lowest BCUT2D eigenvalue weighted by molar-refractivity contribution is -0.121. The van der Waals surface area contributed by atoms with Crippen molar-refractivity contribution in [2.24, 2.45) is 5.73 Å². The molecule has 106 valence electrons. The Balaban J connectivity index is 2.70. The molecule has 1 amide bonds. The zero-order chi connectivity index (χ0) is 14.5. The molecule has 0 fully saturated rings. The maximum Gasteiger partial charge on any atom is 0.244 e. The average Bonchev–Trinajstić information content (AvgIpc) is 2.39. The topological polar surface area (TPSA) is 64.4 Å². The molecule has 0 bridgehead atoms. The third-order valence-corrected chi connectivity index (χ3v) is 3.20. The van der Waals surface area contributed by atoms with E-state index in [1.807, 2.05) is 52.0 Å². The summed E-state index contributed by atoms with van der Waals surface area (Å²) < 4.78 is 5.55. The highest BCUT2D eigenvalue weighted by molar-refractivity contribution is 5.97. The minimum atomic E-state index is -0.799. The molecule has 3 N–H and O–H groups in total. The predicted octanol–water partition coefficient (Wildman–Crippen LogP) is 2.93. The van der Waals surface area contributed by atoms with Gasteiger partial charge in [0.15, 0.2) is 0 Å². The van der Waals surface area contributed by atoms with Gasteiger partial charge in [0.25, 0.3) is 0 Å². The Bertz CT molecular complexity index is 409. The van der Waals surface area contributed by atoms with Crippen LogP contribution in [0.15, 0.2) is 24.3 Å². The van der Waals surface area contributed by atoms with Crippen molar-refractivity contribution in [3.8, 4) is 5.75 Å². The van der Waals surface area contributed by atoms with E-state index in [2.05, 4.69) is 5.32 Å². The first-order valence-corrected chi connectivity index (χ1v) is 6.78. The van der Waals surface area contributed by atoms with Crippen molar-refractivity contribution in [2.75, 3.05) is 5.32 Å². The molecule has 0 unspecified atom stereocenters. The molecule has 0 spiro atoms. The van der Waals surface area contributed by atoms with Gasteiger partial charge in [0.1, 0.15) is 5.75 Å². The Morgan fingerprint density at radius 2 is 1.79 bits per heavy atom. The van der Waals surface area contributed by atoms with Gasteiger partial charge in [-0.1, -0.05) is 13.8 Å². The van der Waals surface area contributed by atoms with Gasteiger partial charge in [-0.05, 0) is 51.0 Å². The Labute approximate surface area is 115 Å². The van der Waals surface area contributed by atoms with Crippen LogP contribution in [0.2, 0.25) is 0 Å². The molecule has 0 aliphatic heterocycles. The molecule has 0 saturated heterocycles. The number of carbonyl (C=O) groups is 1. The van der Waals surface area contributed by atoms with Gasteiger partial charge in [0.2, 0.25) is 5.91 Å². The van der Waals surface area contributed by atoms with Crippen LogP contribution in [0.25, 0.3) is 0 Å². The van der Waals surface area contributed by atoms with E-state index in [4.69, 9.17) is 10.5 Å². The molecule has 1 aromatic rings. The van der Waals surface area contributed by atoms with Crippen molar-refractivity contribution in [1.82, 2.24) is 0 Å². The zero-order valence-corrected chi connectivity index (χ0v) is 12.2. The largest absolute Gasteiger partial charge is 0.491 e. The average molecular weight is 264 g/mol. The molecule has 0 aliphatic rings. The van der Waals surface area contributed by atoms with E-state index in [1.165, 1.54) is 0 Å². The number of amides is 1. The summed E-state index contributed by atoms with van der Waals surface area (Å²) in [6, 6.07) is 7.32. The number of benzene rings is 1. The van der Waals surface area contributed by atoms with E-state index in [0.717, 1.165) is 11.4 Å². The summed E-state index contributed by atoms with van der Waals surface area (Å²) in [4.78, 5) is 12.1. The molecule has 0 radical (unpaired) electrons. The summed E-state index contributed by atoms with van der Waals surface area (Å²) in [5.74, 6) is 0.646. The molecule has 0 aliphatic carbocycles. The predicted molar refractivity (Wildman–Crippen MR) is 78.3 cm³/mol. The highest BCUT2D eigenvalue weighted by Gasteiger charge is 2.29. The van der Waals surface area contributed by atoms with Crippen molar-refractivity contribution >= 4 is 11.6 Å². The second-order valence-corrected chi connectivity index (χ2v) is 5.01. The van der Waals surface area contributed by atoms with Gasteiger partial charge in [-0.2, -0.15) is 0 Å². The van der Waals surface area contributed by atoms with Gasteiger partial charge >= 0.3 is 0 Å². The van der Waals surface area contributed by atoms with Crippen LogP contribution in [-0.2, 0) is 4.79 Å². The lowest BCUT2D eigenvalue weighted by Crippen LogP contribution is -2.50. The first-order valence-electron chi connectivity index (χ1n) is 6.78. The summed E-state index contributed by atoms with van der Waals surface area (Å²) in [6.45, 7) is 7.78. The van der Waals surface area contributed by atoms with Crippen LogP contribution in [0.1, 0.15) is 40.5 Å². The lowest BCUT2D eigenvalue weighted by Gasteiger charge is -2.25. The number of hydrogen-bond acceptors (Lipinski definition) is 3. The van der Waals surface area contributed by atoms with Crippen molar-refractivity contribution in [1.29, 1.82) is 0 Å². The van der Waals surface area contributed by atoms with Gasteiger partial charge in [0, 0.05) is 5.69 Å². The minimum absolute atomic E-state index is 0.136. The van der Waals surface area contributed by atoms with Crippen LogP contribution >= 0.6 is 0 Å². The zero-order valence-electron chi connectivity index (χ0n) is 12.2. The second-order valence-electron chi connectivity index (χ2n) is 5.01. The van der Waals surface area contributed by atoms with E-state index >= 15 is 0 Å². The summed E-state index contributed by atoms with van der Waals surface area (Å²) in [5.41, 5.74) is 5.98. The SMILES string of the molecule is CCC(N)(CC)C(=O)Nc1ccc(OC(C)C)cc1. The van der Waals surface area contributed by atoms with Crippen LogP contribution in [0.4, 0.5) is 5.69 Å². The van der Waals surface area contributed by atoms with Crippen molar-refractivity contribution in [2.45, 2.75) is 52.2 Å². The quantitative estimate of drug-likeness (QED) is 0.830. The van der Waals surface area contributed by atoms with E-state index < -0.39 is 5.54 Å². The number of rotatable bonds is 6. The third-order valence-electron chi connectivity index (χ3n) is 3.20. The van der Waals surface area contributed by atoms with E-state index in [0.29, 0.717) is 12.8 Å². The van der Waals surface area contributed by atoms with Crippen LogP contribution in [0.5, 0.6) is 5.75 Å². The van der Waals surface area contributed by atoms with Crippen molar-refractivity contribution in [3.63, 3.8) is 0 Å². The molecule has 4 heteroatoms. The number of anilines is 1. The lowest BCUT2D eigenvalue weighted by atomic mass is 9.93. The van der Waals surface area contributed by atoms with Crippen molar-refractivity contribution < 1.29 is 9.53 Å². The molecular weight excluding hydrogens is 240 g/mol. The third kappa shape index (κ3) is 4.24. The molecular formula is C15H24N2O2. The monoisotopic (exact) mass is 264 g/mol. The van der Waals surface area contributed by atoms with E-state index in [9.17, 15) is 4.79 Å². The molecule has 1 rings (SSSR count). The molecule has 19 heavy (non-hydrogen) atoms. The fourth-order valence-corrected chi connectivity index (χ4v) is 1.72. The minimum Gasteiger partial charge on any atom is -0.491 e. The van der Waals surface area contributed by atoms with Crippen LogP contribution in [-0.4, -0.2) is 17.6 Å². The van der Waals surface area contributed by atoms with Gasteiger partial charge in [-0.25, -0.2) is 0 Å². The summed E-state index contributed by atoms with van der Waals surface area (Å²) in [5, 5.41) is 2.85. The summed E-state index contributed by atoms with van der Waals surface area (Å²) >= 11 is 0. The van der Waals surface area contributed by atoms with Crippen LogP contribution in [0, 0.1) is 0 Å². The fourth-order valence-electron chi connectivity index (χ4n) is 1.72. The highest BCUT2D eigenvalue weighted by atomic mass is 16.5. The smallest absolute Gasteiger partial charge is 0.244 e. The Morgan fingerprint density at radius 3 is 2.21 bits per heavy atom. The summed E-state index contributed by atoms with van der Waals surface area (Å²) in [7, 11) is 0. The molecule has 4 nitrogen and oxygen atoms in total. The van der Waals surface area contributed by atoms with Gasteiger partial charge in [-0.15, -0.1) is 0 Å². The van der Waals surface area contributed by atoms with Crippen LogP contribution < -0.4 is 15.8 Å². The molecule has 1 aromatic carbocycles. The normalized spacial score (nSPS) is 11.5. The number of nitrogens with two attached hydrogens (primary N) is 1. The van der Waals surface area contributed by atoms with Gasteiger partial charge in [0.05, 0.1) is 11.6 Å². The maximum absolute atomic E-state index is 12.1. The first-order chi connectivity index (χ1) is 8.91. The Morgan fingerprint density at radius 1 is 1.26 bits per heavy atom. The van der Waals surface area contributed by atoms with E-state index in [1.54, 1.807) is 0 Å². The standard InChI is InChI=1S/C15H24N2O2/c1-5-15(16,6-2)14(18)17-12-7-9-13(10-8-12)19-11(3)4/h7-11H,5-6,16H2,1-4H3,(H,17,18). The number of ether oxygens (including phenoxy) is 1. The second kappa shape index (κ2) is 6.57. The molecule has 0 saturated carbocycles.